The molecule has 0 saturated carbocycles. The number of nitro benzene ring substituents is 1. The third-order valence-electron chi connectivity index (χ3n) is 3.32. The van der Waals surface area contributed by atoms with Gasteiger partial charge < -0.3 is 10.0 Å². The number of piperidine rings is 1. The summed E-state index contributed by atoms with van der Waals surface area (Å²) < 4.78 is 0. The number of carbonyl (C=O) groups is 1. The lowest BCUT2D eigenvalue weighted by molar-refractivity contribution is -0.385. The van der Waals surface area contributed by atoms with Gasteiger partial charge in [-0.1, -0.05) is 0 Å². The average molecular weight is 264 g/mol. The maximum Gasteiger partial charge on any atom is 0.272 e. The molecule has 0 aromatic heterocycles. The van der Waals surface area contributed by atoms with Gasteiger partial charge in [0.1, 0.15) is 0 Å². The van der Waals surface area contributed by atoms with E-state index in [1.165, 1.54) is 18.2 Å². The quantitative estimate of drug-likeness (QED) is 0.648. The van der Waals surface area contributed by atoms with Crippen molar-refractivity contribution in [3.8, 4) is 0 Å². The van der Waals surface area contributed by atoms with Crippen molar-refractivity contribution in [1.82, 2.24) is 4.90 Å². The van der Waals surface area contributed by atoms with Crippen LogP contribution in [0.3, 0.4) is 0 Å². The van der Waals surface area contributed by atoms with Crippen LogP contribution in [0, 0.1) is 17.0 Å². The Kier molecular flexibility index (Phi) is 3.80. The van der Waals surface area contributed by atoms with E-state index in [1.807, 2.05) is 0 Å². The normalized spacial score (nSPS) is 19.3. The molecule has 1 fully saturated rings. The molecule has 1 saturated heterocycles. The van der Waals surface area contributed by atoms with E-state index in [4.69, 9.17) is 0 Å². The van der Waals surface area contributed by atoms with E-state index in [0.29, 0.717) is 30.6 Å². The summed E-state index contributed by atoms with van der Waals surface area (Å²) in [7, 11) is 0. The van der Waals surface area contributed by atoms with E-state index >= 15 is 0 Å². The molecule has 0 aliphatic carbocycles. The fraction of sp³-hybridized carbons (Fsp3) is 0.462. The first-order valence-corrected chi connectivity index (χ1v) is 6.21. The van der Waals surface area contributed by atoms with Gasteiger partial charge in [0.25, 0.3) is 11.6 Å². The lowest BCUT2D eigenvalue weighted by Crippen LogP contribution is -2.42. The van der Waals surface area contributed by atoms with Gasteiger partial charge in [0.05, 0.1) is 11.0 Å². The first-order valence-electron chi connectivity index (χ1n) is 6.21. The Labute approximate surface area is 110 Å². The Morgan fingerprint density at radius 1 is 1.53 bits per heavy atom. The molecule has 1 aliphatic heterocycles. The van der Waals surface area contributed by atoms with Crippen molar-refractivity contribution in [3.63, 3.8) is 0 Å². The van der Waals surface area contributed by atoms with Crippen LogP contribution in [0.4, 0.5) is 5.69 Å². The number of benzene rings is 1. The second-order valence-electron chi connectivity index (χ2n) is 4.81. The van der Waals surface area contributed by atoms with E-state index in [2.05, 4.69) is 0 Å². The number of rotatable bonds is 2. The Bertz CT molecular complexity index is 515. The van der Waals surface area contributed by atoms with Crippen LogP contribution in [0.2, 0.25) is 0 Å². The highest BCUT2D eigenvalue weighted by Crippen LogP contribution is 2.21. The Morgan fingerprint density at radius 3 is 2.84 bits per heavy atom. The minimum absolute atomic E-state index is 0.00947. The van der Waals surface area contributed by atoms with Crippen LogP contribution in [0.1, 0.15) is 28.8 Å². The van der Waals surface area contributed by atoms with Gasteiger partial charge in [-0.25, -0.2) is 0 Å². The largest absolute Gasteiger partial charge is 0.391 e. The molecule has 102 valence electrons. The first kappa shape index (κ1) is 13.5. The molecule has 0 bridgehead atoms. The van der Waals surface area contributed by atoms with Crippen molar-refractivity contribution in [2.75, 3.05) is 13.1 Å². The zero-order valence-electron chi connectivity index (χ0n) is 10.7. The van der Waals surface area contributed by atoms with Crippen LogP contribution in [0.25, 0.3) is 0 Å². The van der Waals surface area contributed by atoms with Crippen molar-refractivity contribution >= 4 is 11.6 Å². The Hall–Kier alpha value is -1.95. The molecule has 2 rings (SSSR count). The maximum atomic E-state index is 12.2. The highest BCUT2D eigenvalue weighted by molar-refractivity contribution is 5.94. The molecule has 1 aromatic carbocycles. The standard InChI is InChI=1S/C13H16N2O4/c1-9-7-10(4-5-12(9)15(18)19)13(17)14-6-2-3-11(16)8-14/h4-5,7,11,16H,2-3,6,8H2,1H3/t11-/m0/s1. The number of carbonyl (C=O) groups excluding carboxylic acids is 1. The number of likely N-dealkylation sites (tertiary alicyclic amines) is 1. The van der Waals surface area contributed by atoms with Crippen molar-refractivity contribution in [1.29, 1.82) is 0 Å². The number of aliphatic hydroxyl groups is 1. The van der Waals surface area contributed by atoms with Crippen molar-refractivity contribution in [2.45, 2.75) is 25.9 Å². The minimum Gasteiger partial charge on any atom is -0.391 e. The van der Waals surface area contributed by atoms with Crippen molar-refractivity contribution < 1.29 is 14.8 Å². The summed E-state index contributed by atoms with van der Waals surface area (Å²) in [6.07, 6.45) is 1.01. The van der Waals surface area contributed by atoms with Gasteiger partial charge in [0.15, 0.2) is 0 Å². The predicted molar refractivity (Wildman–Crippen MR) is 69.0 cm³/mol. The molecule has 1 aliphatic rings. The van der Waals surface area contributed by atoms with Gasteiger partial charge in [-0.05, 0) is 31.9 Å². The average Bonchev–Trinajstić information content (AvgIpc) is 2.37. The molecule has 0 spiro atoms. The number of hydrogen-bond acceptors (Lipinski definition) is 4. The number of β-amino-alcohol motifs (C(OH)–C–C–N with tert-alkyl or cyclic N) is 1. The molecule has 1 N–H and O–H groups in total. The number of nitrogens with zero attached hydrogens (tertiary/aromatic N) is 2. The zero-order chi connectivity index (χ0) is 14.0. The third-order valence-corrected chi connectivity index (χ3v) is 3.32. The summed E-state index contributed by atoms with van der Waals surface area (Å²) >= 11 is 0. The number of aryl methyl sites for hydroxylation is 1. The van der Waals surface area contributed by atoms with Crippen LogP contribution < -0.4 is 0 Å². The molecule has 0 radical (unpaired) electrons. The highest BCUT2D eigenvalue weighted by atomic mass is 16.6. The zero-order valence-corrected chi connectivity index (χ0v) is 10.7. The number of aliphatic hydroxyl groups excluding tert-OH is 1. The van der Waals surface area contributed by atoms with E-state index in [0.717, 1.165) is 6.42 Å². The maximum absolute atomic E-state index is 12.2. The van der Waals surface area contributed by atoms with Crippen LogP contribution in [-0.4, -0.2) is 40.0 Å². The van der Waals surface area contributed by atoms with Gasteiger partial charge >= 0.3 is 0 Å². The molecular formula is C13H16N2O4. The van der Waals surface area contributed by atoms with E-state index in [-0.39, 0.29) is 11.6 Å². The van der Waals surface area contributed by atoms with Gasteiger partial charge in [0.2, 0.25) is 0 Å². The molecule has 1 atom stereocenters. The molecule has 1 heterocycles. The first-order chi connectivity index (χ1) is 8.99. The molecule has 1 aromatic rings. The molecule has 1 amide bonds. The van der Waals surface area contributed by atoms with Gasteiger partial charge in [-0.15, -0.1) is 0 Å². The molecule has 19 heavy (non-hydrogen) atoms. The number of hydrogen-bond donors (Lipinski definition) is 1. The van der Waals surface area contributed by atoms with Gasteiger partial charge in [0, 0.05) is 30.3 Å². The topological polar surface area (TPSA) is 83.7 Å². The van der Waals surface area contributed by atoms with E-state index < -0.39 is 11.0 Å². The summed E-state index contributed by atoms with van der Waals surface area (Å²) in [5.41, 5.74) is 0.904. The summed E-state index contributed by atoms with van der Waals surface area (Å²) in [5.74, 6) is -0.184. The monoisotopic (exact) mass is 264 g/mol. The van der Waals surface area contributed by atoms with Crippen LogP contribution in [-0.2, 0) is 0 Å². The smallest absolute Gasteiger partial charge is 0.272 e. The summed E-state index contributed by atoms with van der Waals surface area (Å²) in [4.78, 5) is 24.1. The van der Waals surface area contributed by atoms with Crippen molar-refractivity contribution in [3.05, 3.63) is 39.4 Å². The lowest BCUT2D eigenvalue weighted by Gasteiger charge is -2.30. The summed E-state index contributed by atoms with van der Waals surface area (Å²) in [6, 6.07) is 4.35. The number of amides is 1. The SMILES string of the molecule is Cc1cc(C(=O)N2CCC[C@H](O)C2)ccc1[N+](=O)[O-]. The van der Waals surface area contributed by atoms with Crippen LogP contribution >= 0.6 is 0 Å². The van der Waals surface area contributed by atoms with E-state index in [1.54, 1.807) is 11.8 Å². The Morgan fingerprint density at radius 2 is 2.26 bits per heavy atom. The summed E-state index contributed by atoms with van der Waals surface area (Å²) in [6.45, 7) is 2.56. The Balaban J connectivity index is 2.19. The van der Waals surface area contributed by atoms with Gasteiger partial charge in [-0.3, -0.25) is 14.9 Å². The fourth-order valence-corrected chi connectivity index (χ4v) is 2.32. The van der Waals surface area contributed by atoms with Crippen LogP contribution in [0.15, 0.2) is 18.2 Å². The lowest BCUT2D eigenvalue weighted by atomic mass is 10.1. The molecule has 0 unspecified atom stereocenters. The summed E-state index contributed by atoms with van der Waals surface area (Å²) in [5, 5.41) is 20.3. The van der Waals surface area contributed by atoms with E-state index in [9.17, 15) is 20.0 Å². The second-order valence-corrected chi connectivity index (χ2v) is 4.81. The number of nitro groups is 1. The van der Waals surface area contributed by atoms with Gasteiger partial charge in [-0.2, -0.15) is 0 Å². The van der Waals surface area contributed by atoms with Crippen LogP contribution in [0.5, 0.6) is 0 Å². The highest BCUT2D eigenvalue weighted by Gasteiger charge is 2.24. The third kappa shape index (κ3) is 2.90. The molecular weight excluding hydrogens is 248 g/mol. The predicted octanol–water partition coefficient (Wildman–Crippen LogP) is 1.50. The fourth-order valence-electron chi connectivity index (χ4n) is 2.32. The molecule has 6 heteroatoms. The minimum atomic E-state index is -0.475. The molecule has 6 nitrogen and oxygen atoms in total. The second kappa shape index (κ2) is 5.36. The van der Waals surface area contributed by atoms with Crippen molar-refractivity contribution in [2.24, 2.45) is 0 Å².